The van der Waals surface area contributed by atoms with Gasteiger partial charge < -0.3 is 15.1 Å². The molecule has 2 aromatic carbocycles. The summed E-state index contributed by atoms with van der Waals surface area (Å²) in [4.78, 5) is 30.3. The van der Waals surface area contributed by atoms with Crippen LogP contribution in [0.1, 0.15) is 73.7 Å². The molecule has 0 radical (unpaired) electrons. The van der Waals surface area contributed by atoms with Crippen molar-refractivity contribution in [2.24, 2.45) is 5.92 Å². The monoisotopic (exact) mass is 465 g/mol. The van der Waals surface area contributed by atoms with E-state index in [0.717, 1.165) is 68.3 Å². The van der Waals surface area contributed by atoms with Crippen molar-refractivity contribution in [1.82, 2.24) is 4.90 Å². The van der Waals surface area contributed by atoms with Gasteiger partial charge in [-0.15, -0.1) is 0 Å². The Labute approximate surface area is 202 Å². The number of anilines is 2. The van der Waals surface area contributed by atoms with E-state index in [9.17, 15) is 14.0 Å². The van der Waals surface area contributed by atoms with Gasteiger partial charge >= 0.3 is 0 Å². The Morgan fingerprint density at radius 3 is 2.32 bits per heavy atom. The fourth-order valence-electron chi connectivity index (χ4n) is 5.39. The van der Waals surface area contributed by atoms with Crippen molar-refractivity contribution in [2.45, 2.75) is 70.4 Å². The first kappa shape index (κ1) is 24.2. The molecular weight excluding hydrogens is 429 g/mol. The lowest BCUT2D eigenvalue weighted by Gasteiger charge is -2.35. The molecule has 2 fully saturated rings. The summed E-state index contributed by atoms with van der Waals surface area (Å²) in [5.74, 6) is -0.372. The molecule has 0 unspecified atom stereocenters. The molecular formula is C28H36FN3O2. The highest BCUT2D eigenvalue weighted by atomic mass is 19.1. The highest BCUT2D eigenvalue weighted by Gasteiger charge is 2.28. The predicted molar refractivity (Wildman–Crippen MR) is 135 cm³/mol. The van der Waals surface area contributed by atoms with Crippen molar-refractivity contribution in [3.05, 3.63) is 59.4 Å². The van der Waals surface area contributed by atoms with Crippen molar-refractivity contribution in [2.75, 3.05) is 24.3 Å². The van der Waals surface area contributed by atoms with Gasteiger partial charge in [0.2, 0.25) is 5.91 Å². The Hall–Kier alpha value is -2.89. The first-order valence-electron chi connectivity index (χ1n) is 12.6. The molecule has 2 saturated carbocycles. The smallest absolute Gasteiger partial charge is 0.254 e. The molecule has 0 bridgehead atoms. The molecule has 2 aliphatic rings. The van der Waals surface area contributed by atoms with Crippen molar-refractivity contribution in [3.63, 3.8) is 0 Å². The van der Waals surface area contributed by atoms with Crippen LogP contribution in [0.15, 0.2) is 42.5 Å². The maximum Gasteiger partial charge on any atom is 0.254 e. The summed E-state index contributed by atoms with van der Waals surface area (Å²) >= 11 is 0. The molecule has 5 nitrogen and oxygen atoms in total. The second kappa shape index (κ2) is 11.0. The normalized spacial score (nSPS) is 16.9. The Kier molecular flexibility index (Phi) is 7.86. The van der Waals surface area contributed by atoms with Gasteiger partial charge in [-0.25, -0.2) is 4.39 Å². The zero-order valence-electron chi connectivity index (χ0n) is 20.4. The van der Waals surface area contributed by atoms with E-state index in [1.165, 1.54) is 18.6 Å². The molecule has 2 aliphatic carbocycles. The van der Waals surface area contributed by atoms with Crippen LogP contribution in [0, 0.1) is 11.7 Å². The molecule has 4 rings (SSSR count). The number of amides is 2. The minimum absolute atomic E-state index is 0.0843. The molecule has 182 valence electrons. The SMILES string of the molecule is CN(C)c1ccc(NC(=O)C2CCCC2)cc1CN(C(=O)c1cccc(F)c1)C1CCCCC1. The number of hydrogen-bond acceptors (Lipinski definition) is 3. The van der Waals surface area contributed by atoms with E-state index >= 15 is 0 Å². The average Bonchev–Trinajstić information content (AvgIpc) is 3.38. The van der Waals surface area contributed by atoms with Gasteiger partial charge in [0.15, 0.2) is 0 Å². The van der Waals surface area contributed by atoms with Gasteiger partial charge in [-0.2, -0.15) is 0 Å². The van der Waals surface area contributed by atoms with Crippen molar-refractivity contribution in [3.8, 4) is 0 Å². The lowest BCUT2D eigenvalue weighted by Crippen LogP contribution is -2.41. The molecule has 0 saturated heterocycles. The number of benzene rings is 2. The van der Waals surface area contributed by atoms with Crippen LogP contribution in [0.4, 0.5) is 15.8 Å². The largest absolute Gasteiger partial charge is 0.377 e. The molecule has 2 amide bonds. The zero-order valence-corrected chi connectivity index (χ0v) is 20.4. The first-order chi connectivity index (χ1) is 16.4. The Morgan fingerprint density at radius 2 is 1.65 bits per heavy atom. The fourth-order valence-corrected chi connectivity index (χ4v) is 5.39. The summed E-state index contributed by atoms with van der Waals surface area (Å²) in [6.45, 7) is 0.417. The molecule has 6 heteroatoms. The first-order valence-corrected chi connectivity index (χ1v) is 12.6. The van der Waals surface area contributed by atoms with Crippen LogP contribution in [0.5, 0.6) is 0 Å². The van der Waals surface area contributed by atoms with Crippen molar-refractivity contribution in [1.29, 1.82) is 0 Å². The molecule has 2 aromatic rings. The maximum absolute atomic E-state index is 13.9. The van der Waals surface area contributed by atoms with Crippen molar-refractivity contribution >= 4 is 23.2 Å². The topological polar surface area (TPSA) is 52.7 Å². The second-order valence-electron chi connectivity index (χ2n) is 9.94. The van der Waals surface area contributed by atoms with Gasteiger partial charge in [0, 0.05) is 49.5 Å². The average molecular weight is 466 g/mol. The summed E-state index contributed by atoms with van der Waals surface area (Å²) in [7, 11) is 3.96. The fraction of sp³-hybridized carbons (Fsp3) is 0.500. The van der Waals surface area contributed by atoms with Crippen LogP contribution in [0.25, 0.3) is 0 Å². The standard InChI is InChI=1S/C28H36FN3O2/c1-31(2)26-16-15-24(30-27(33)20-9-6-7-10-20)18-22(26)19-32(25-13-4-3-5-14-25)28(34)21-11-8-12-23(29)17-21/h8,11-12,15-18,20,25H,3-7,9-10,13-14,19H2,1-2H3,(H,30,33). The van der Waals surface area contributed by atoms with Crippen LogP contribution in [-0.4, -0.2) is 36.9 Å². The number of carbonyl (C=O) groups is 2. The summed E-state index contributed by atoms with van der Waals surface area (Å²) in [6, 6.07) is 12.0. The molecule has 0 heterocycles. The minimum Gasteiger partial charge on any atom is -0.377 e. The number of hydrogen-bond donors (Lipinski definition) is 1. The molecule has 34 heavy (non-hydrogen) atoms. The van der Waals surface area contributed by atoms with E-state index in [4.69, 9.17) is 0 Å². The Bertz CT molecular complexity index is 1010. The lowest BCUT2D eigenvalue weighted by atomic mass is 9.93. The van der Waals surface area contributed by atoms with E-state index in [-0.39, 0.29) is 23.8 Å². The summed E-state index contributed by atoms with van der Waals surface area (Å²) in [5, 5.41) is 3.10. The van der Waals surface area contributed by atoms with Gasteiger partial charge in [-0.1, -0.05) is 38.2 Å². The van der Waals surface area contributed by atoms with E-state index in [0.29, 0.717) is 12.1 Å². The Morgan fingerprint density at radius 1 is 0.941 bits per heavy atom. The van der Waals surface area contributed by atoms with E-state index in [1.54, 1.807) is 12.1 Å². The minimum atomic E-state index is -0.403. The predicted octanol–water partition coefficient (Wildman–Crippen LogP) is 6.00. The van der Waals surface area contributed by atoms with E-state index in [1.807, 2.05) is 42.1 Å². The number of nitrogens with one attached hydrogen (secondary N) is 1. The number of nitrogens with zero attached hydrogens (tertiary/aromatic N) is 2. The van der Waals surface area contributed by atoms with Crippen LogP contribution in [0.2, 0.25) is 0 Å². The second-order valence-corrected chi connectivity index (χ2v) is 9.94. The Balaban J connectivity index is 1.63. The summed E-state index contributed by atoms with van der Waals surface area (Å²) in [6.07, 6.45) is 9.41. The number of halogens is 1. The lowest BCUT2D eigenvalue weighted by molar-refractivity contribution is -0.119. The van der Waals surface area contributed by atoms with Crippen LogP contribution >= 0.6 is 0 Å². The number of carbonyl (C=O) groups excluding carboxylic acids is 2. The van der Waals surface area contributed by atoms with Crippen molar-refractivity contribution < 1.29 is 14.0 Å². The van der Waals surface area contributed by atoms with Crippen LogP contribution in [-0.2, 0) is 11.3 Å². The summed E-state index contributed by atoms with van der Waals surface area (Å²) < 4.78 is 13.9. The summed E-state index contributed by atoms with van der Waals surface area (Å²) in [5.41, 5.74) is 3.12. The molecule has 1 N–H and O–H groups in total. The van der Waals surface area contributed by atoms with E-state index in [2.05, 4.69) is 5.32 Å². The quantitative estimate of drug-likeness (QED) is 0.546. The van der Waals surface area contributed by atoms with Gasteiger partial charge in [-0.3, -0.25) is 9.59 Å². The third-order valence-corrected chi connectivity index (χ3v) is 7.24. The highest BCUT2D eigenvalue weighted by Crippen LogP contribution is 2.31. The highest BCUT2D eigenvalue weighted by molar-refractivity contribution is 5.95. The third-order valence-electron chi connectivity index (χ3n) is 7.24. The molecule has 0 atom stereocenters. The van der Waals surface area contributed by atoms with Gasteiger partial charge in [0.05, 0.1) is 0 Å². The molecule has 0 spiro atoms. The van der Waals surface area contributed by atoms with Crippen LogP contribution in [0.3, 0.4) is 0 Å². The molecule has 0 aliphatic heterocycles. The van der Waals surface area contributed by atoms with E-state index < -0.39 is 5.82 Å². The van der Waals surface area contributed by atoms with Gasteiger partial charge in [-0.05, 0) is 67.6 Å². The maximum atomic E-state index is 13.9. The van der Waals surface area contributed by atoms with Crippen LogP contribution < -0.4 is 10.2 Å². The zero-order chi connectivity index (χ0) is 24.1. The molecule has 0 aromatic heterocycles. The number of rotatable bonds is 7. The third kappa shape index (κ3) is 5.78. The van der Waals surface area contributed by atoms with Gasteiger partial charge in [0.1, 0.15) is 5.82 Å². The van der Waals surface area contributed by atoms with Gasteiger partial charge in [0.25, 0.3) is 5.91 Å².